The maximum Gasteiger partial charge on any atom is 0.345 e. The molecular formula is C11H22ClN3O5S2. The molecule has 1 spiro atoms. The lowest BCUT2D eigenvalue weighted by molar-refractivity contribution is 0.0925. The van der Waals surface area contributed by atoms with Gasteiger partial charge < -0.3 is 10.6 Å². The lowest BCUT2D eigenvalue weighted by atomic mass is 9.68. The highest BCUT2D eigenvalue weighted by Crippen LogP contribution is 2.39. The number of carbonyl (C=O) groups is 1. The highest BCUT2D eigenvalue weighted by molar-refractivity contribution is 8.04. The Morgan fingerprint density at radius 1 is 1.09 bits per heavy atom. The molecule has 130 valence electrons. The first-order valence-corrected chi connectivity index (χ1v) is 10.4. The lowest BCUT2D eigenvalue weighted by Gasteiger charge is -2.47. The van der Waals surface area contributed by atoms with Crippen LogP contribution in [0, 0.1) is 5.41 Å². The Labute approximate surface area is 137 Å². The van der Waals surface area contributed by atoms with Crippen LogP contribution in [0.3, 0.4) is 0 Å². The molecule has 0 aromatic heterocycles. The van der Waals surface area contributed by atoms with Gasteiger partial charge in [0.25, 0.3) is 0 Å². The monoisotopic (exact) mass is 375 g/mol. The first-order chi connectivity index (χ1) is 9.54. The zero-order valence-electron chi connectivity index (χ0n) is 12.5. The van der Waals surface area contributed by atoms with Gasteiger partial charge in [0.1, 0.15) is 0 Å². The van der Waals surface area contributed by atoms with Crippen LogP contribution in [0.2, 0.25) is 0 Å². The predicted octanol–water partition coefficient (Wildman–Crippen LogP) is -0.129. The molecular weight excluding hydrogens is 354 g/mol. The number of hydrogen-bond acceptors (Lipinski definition) is 6. The first-order valence-electron chi connectivity index (χ1n) is 6.75. The van der Waals surface area contributed by atoms with E-state index in [1.165, 1.54) is 0 Å². The van der Waals surface area contributed by atoms with Crippen molar-refractivity contribution in [2.45, 2.75) is 31.7 Å². The van der Waals surface area contributed by atoms with Gasteiger partial charge in [-0.15, -0.1) is 16.1 Å². The second-order valence-electron chi connectivity index (χ2n) is 6.05. The predicted molar refractivity (Wildman–Crippen MR) is 84.9 cm³/mol. The van der Waals surface area contributed by atoms with Gasteiger partial charge in [-0.2, -0.15) is 0 Å². The van der Waals surface area contributed by atoms with Gasteiger partial charge in [0.2, 0.25) is 20.0 Å². The van der Waals surface area contributed by atoms with Gasteiger partial charge in [0, 0.05) is 19.1 Å². The fourth-order valence-corrected chi connectivity index (χ4v) is 5.66. The smallest absolute Gasteiger partial charge is 0.334 e. The standard InChI is InChI=1S/C11H21N3O5S2.ClH/c1-20(16,17)14(21(2,18)19)10(15)13-9-3-5-11(6-4-9)7-12-8-11;/h9,12H,3-8H2,1-2H3,(H,13,15);1H. The molecule has 2 N–H and O–H groups in total. The van der Waals surface area contributed by atoms with Crippen LogP contribution in [0.15, 0.2) is 0 Å². The maximum absolute atomic E-state index is 12.0. The number of rotatable bonds is 3. The molecule has 2 fully saturated rings. The van der Waals surface area contributed by atoms with Gasteiger partial charge in [0.15, 0.2) is 0 Å². The summed E-state index contributed by atoms with van der Waals surface area (Å²) in [4.78, 5) is 12.0. The SMILES string of the molecule is CS(=O)(=O)N(C(=O)NC1CCC2(CC1)CNC2)S(C)(=O)=O.Cl. The molecule has 0 bridgehead atoms. The van der Waals surface area contributed by atoms with Crippen molar-refractivity contribution in [2.75, 3.05) is 25.6 Å². The highest BCUT2D eigenvalue weighted by Gasteiger charge is 2.41. The van der Waals surface area contributed by atoms with Crippen LogP contribution in [0.25, 0.3) is 0 Å². The van der Waals surface area contributed by atoms with E-state index in [9.17, 15) is 21.6 Å². The number of sulfonamides is 2. The summed E-state index contributed by atoms with van der Waals surface area (Å²) in [6.07, 6.45) is 4.75. The minimum absolute atomic E-state index is 0. The fourth-order valence-electron chi connectivity index (χ4n) is 2.98. The van der Waals surface area contributed by atoms with Crippen LogP contribution in [-0.2, 0) is 20.0 Å². The Kier molecular flexibility index (Phi) is 5.75. The van der Waals surface area contributed by atoms with Gasteiger partial charge in [-0.25, -0.2) is 21.6 Å². The molecule has 1 saturated carbocycles. The maximum atomic E-state index is 12.0. The van der Waals surface area contributed by atoms with Gasteiger partial charge in [-0.3, -0.25) is 0 Å². The number of nitrogens with one attached hydrogen (secondary N) is 2. The third-order valence-electron chi connectivity index (χ3n) is 4.14. The molecule has 0 aromatic carbocycles. The molecule has 1 aliphatic carbocycles. The van der Waals surface area contributed by atoms with Gasteiger partial charge in [-0.05, 0) is 31.1 Å². The fraction of sp³-hybridized carbons (Fsp3) is 0.909. The molecule has 2 rings (SSSR count). The quantitative estimate of drug-likeness (QED) is 0.710. The van der Waals surface area contributed by atoms with E-state index in [0.29, 0.717) is 17.9 Å². The molecule has 1 saturated heterocycles. The summed E-state index contributed by atoms with van der Waals surface area (Å²) in [5.41, 5.74) is 0.314. The third-order valence-corrected chi connectivity index (χ3v) is 7.30. The van der Waals surface area contributed by atoms with E-state index < -0.39 is 26.1 Å². The van der Waals surface area contributed by atoms with E-state index in [2.05, 4.69) is 10.6 Å². The number of urea groups is 1. The molecule has 1 heterocycles. The first kappa shape index (κ1) is 19.5. The van der Waals surface area contributed by atoms with E-state index in [1.807, 2.05) is 0 Å². The lowest BCUT2D eigenvalue weighted by Crippen LogP contribution is -2.57. The third kappa shape index (κ3) is 4.24. The highest BCUT2D eigenvalue weighted by atomic mass is 35.5. The number of halogens is 1. The summed E-state index contributed by atoms with van der Waals surface area (Å²) in [6.45, 7) is 1.96. The molecule has 8 nitrogen and oxygen atoms in total. The van der Waals surface area contributed by atoms with Crippen LogP contribution in [0.4, 0.5) is 4.79 Å². The summed E-state index contributed by atoms with van der Waals surface area (Å²) in [7, 11) is -8.33. The van der Waals surface area contributed by atoms with Crippen LogP contribution in [0.5, 0.6) is 0 Å². The van der Waals surface area contributed by atoms with Crippen molar-refractivity contribution >= 4 is 38.5 Å². The molecule has 22 heavy (non-hydrogen) atoms. The summed E-state index contributed by atoms with van der Waals surface area (Å²) in [5.74, 6) is 0. The van der Waals surface area contributed by atoms with E-state index in [1.54, 1.807) is 0 Å². The van der Waals surface area contributed by atoms with Crippen molar-refractivity contribution in [1.82, 2.24) is 14.3 Å². The average molecular weight is 376 g/mol. The second-order valence-corrected chi connectivity index (χ2v) is 9.94. The Morgan fingerprint density at radius 3 is 1.86 bits per heavy atom. The molecule has 2 amide bonds. The zero-order valence-corrected chi connectivity index (χ0v) is 15.0. The van der Waals surface area contributed by atoms with Crippen molar-refractivity contribution in [3.63, 3.8) is 0 Å². The largest absolute Gasteiger partial charge is 0.345 e. The summed E-state index contributed by atoms with van der Waals surface area (Å²) in [5, 5.41) is 5.76. The molecule has 11 heteroatoms. The van der Waals surface area contributed by atoms with Crippen molar-refractivity contribution in [1.29, 1.82) is 0 Å². The van der Waals surface area contributed by atoms with Gasteiger partial charge in [-0.1, -0.05) is 0 Å². The molecule has 0 unspecified atom stereocenters. The van der Waals surface area contributed by atoms with Crippen molar-refractivity contribution < 1.29 is 21.6 Å². The van der Waals surface area contributed by atoms with Gasteiger partial charge in [0.05, 0.1) is 12.5 Å². The molecule has 1 aliphatic heterocycles. The summed E-state index contributed by atoms with van der Waals surface area (Å²) in [6, 6.07) is -1.28. The van der Waals surface area contributed by atoms with Crippen molar-refractivity contribution in [3.05, 3.63) is 0 Å². The molecule has 0 aromatic rings. The van der Waals surface area contributed by atoms with E-state index >= 15 is 0 Å². The minimum Gasteiger partial charge on any atom is -0.334 e. The van der Waals surface area contributed by atoms with Crippen LogP contribution < -0.4 is 10.6 Å². The second kappa shape index (κ2) is 6.50. The number of carbonyl (C=O) groups excluding carboxylic acids is 1. The van der Waals surface area contributed by atoms with Crippen LogP contribution in [-0.4, -0.2) is 58.2 Å². The van der Waals surface area contributed by atoms with E-state index in [-0.39, 0.29) is 22.2 Å². The Balaban J connectivity index is 0.00000242. The van der Waals surface area contributed by atoms with Crippen LogP contribution >= 0.6 is 12.4 Å². The summed E-state index contributed by atoms with van der Waals surface area (Å²) >= 11 is 0. The van der Waals surface area contributed by atoms with E-state index in [4.69, 9.17) is 0 Å². The molecule has 0 atom stereocenters. The van der Waals surface area contributed by atoms with E-state index in [0.717, 1.165) is 38.8 Å². The minimum atomic E-state index is -4.17. The normalized spacial score (nSPS) is 21.5. The Bertz CT molecular complexity index is 588. The van der Waals surface area contributed by atoms with Crippen molar-refractivity contribution in [3.8, 4) is 0 Å². The Morgan fingerprint density at radius 2 is 1.55 bits per heavy atom. The zero-order chi connectivity index (χ0) is 15.9. The molecule has 0 radical (unpaired) electrons. The molecule has 2 aliphatic rings. The average Bonchev–Trinajstić information content (AvgIpc) is 2.23. The van der Waals surface area contributed by atoms with Gasteiger partial charge >= 0.3 is 6.03 Å². The Hall–Kier alpha value is -0.580. The van der Waals surface area contributed by atoms with Crippen LogP contribution in [0.1, 0.15) is 25.7 Å². The van der Waals surface area contributed by atoms with Crippen molar-refractivity contribution in [2.24, 2.45) is 5.41 Å². The number of nitrogens with zero attached hydrogens (tertiary/aromatic N) is 1. The number of amides is 2. The number of hydrogen-bond donors (Lipinski definition) is 2. The summed E-state index contributed by atoms with van der Waals surface area (Å²) < 4.78 is 45.9. The topological polar surface area (TPSA) is 113 Å².